The van der Waals surface area contributed by atoms with Crippen molar-refractivity contribution in [2.75, 3.05) is 5.33 Å². The van der Waals surface area contributed by atoms with Gasteiger partial charge in [-0.2, -0.15) is 0 Å². The van der Waals surface area contributed by atoms with Crippen molar-refractivity contribution in [2.24, 2.45) is 0 Å². The van der Waals surface area contributed by atoms with Crippen molar-refractivity contribution in [1.82, 2.24) is 5.32 Å². The second-order valence-corrected chi connectivity index (χ2v) is 5.14. The maximum atomic E-state index is 10.6. The molecule has 2 nitrogen and oxygen atoms in total. The molecule has 0 saturated carbocycles. The van der Waals surface area contributed by atoms with Gasteiger partial charge in [0.05, 0.1) is 0 Å². The van der Waals surface area contributed by atoms with Crippen molar-refractivity contribution in [3.05, 3.63) is 48.0 Å². The molecule has 2 rings (SSSR count). The Hall–Kier alpha value is -1.35. The van der Waals surface area contributed by atoms with Gasteiger partial charge in [0.1, 0.15) is 0 Å². The number of benzene rings is 2. The fourth-order valence-corrected chi connectivity index (χ4v) is 2.68. The molecule has 0 aliphatic rings. The smallest absolute Gasteiger partial charge is 0.207 e. The lowest BCUT2D eigenvalue weighted by atomic mass is 10.0. The highest BCUT2D eigenvalue weighted by atomic mass is 79.9. The summed E-state index contributed by atoms with van der Waals surface area (Å²) < 4.78 is 0. The van der Waals surface area contributed by atoms with E-state index in [4.69, 9.17) is 0 Å². The van der Waals surface area contributed by atoms with Crippen LogP contribution < -0.4 is 5.32 Å². The van der Waals surface area contributed by atoms with Crippen LogP contribution >= 0.6 is 15.9 Å². The molecular weight excluding hydrogens is 290 g/mol. The predicted molar refractivity (Wildman–Crippen MR) is 79.1 cm³/mol. The molecule has 1 amide bonds. The minimum atomic E-state index is 0.197. The number of hydrogen-bond donors (Lipinski definition) is 1. The Kier molecular flexibility index (Phi) is 4.76. The third kappa shape index (κ3) is 3.33. The van der Waals surface area contributed by atoms with E-state index in [0.29, 0.717) is 0 Å². The molecule has 0 saturated heterocycles. The predicted octanol–water partition coefficient (Wildman–Crippen LogP) is 3.28. The molecule has 0 bridgehead atoms. The molecule has 2 aromatic carbocycles. The average molecular weight is 306 g/mol. The Balaban J connectivity index is 2.17. The van der Waals surface area contributed by atoms with Crippen LogP contribution in [0.5, 0.6) is 0 Å². The molecule has 1 atom stereocenters. The zero-order valence-electron chi connectivity index (χ0n) is 10.1. The average Bonchev–Trinajstić information content (AvgIpc) is 2.39. The molecule has 0 fully saturated rings. The largest absolute Gasteiger partial charge is 0.356 e. The minimum absolute atomic E-state index is 0.197. The maximum Gasteiger partial charge on any atom is 0.207 e. The molecule has 0 aliphatic heterocycles. The SMILES string of the molecule is O=CNC(CCBr)Cc1ccc2ccccc2c1. The zero-order chi connectivity index (χ0) is 12.8. The van der Waals surface area contributed by atoms with Crippen LogP contribution in [0.2, 0.25) is 0 Å². The van der Waals surface area contributed by atoms with Gasteiger partial charge in [-0.05, 0) is 29.2 Å². The van der Waals surface area contributed by atoms with E-state index in [1.807, 2.05) is 12.1 Å². The van der Waals surface area contributed by atoms with Crippen LogP contribution in [-0.4, -0.2) is 17.8 Å². The summed E-state index contributed by atoms with van der Waals surface area (Å²) in [5.41, 5.74) is 1.26. The number of hydrogen-bond acceptors (Lipinski definition) is 1. The molecule has 1 N–H and O–H groups in total. The fourth-order valence-electron chi connectivity index (χ4n) is 2.12. The van der Waals surface area contributed by atoms with Gasteiger partial charge >= 0.3 is 0 Å². The lowest BCUT2D eigenvalue weighted by Crippen LogP contribution is -2.30. The molecule has 0 spiro atoms. The van der Waals surface area contributed by atoms with Gasteiger partial charge in [0.15, 0.2) is 0 Å². The molecule has 0 aromatic heterocycles. The van der Waals surface area contributed by atoms with Gasteiger partial charge < -0.3 is 5.32 Å². The van der Waals surface area contributed by atoms with E-state index in [1.165, 1.54) is 16.3 Å². The molecule has 94 valence electrons. The van der Waals surface area contributed by atoms with Crippen LogP contribution in [0.4, 0.5) is 0 Å². The third-order valence-corrected chi connectivity index (χ3v) is 3.52. The van der Waals surface area contributed by atoms with Gasteiger partial charge in [0, 0.05) is 11.4 Å². The van der Waals surface area contributed by atoms with Crippen LogP contribution in [0.1, 0.15) is 12.0 Å². The lowest BCUT2D eigenvalue weighted by molar-refractivity contribution is -0.110. The molecule has 3 heteroatoms. The van der Waals surface area contributed by atoms with Crippen molar-refractivity contribution in [3.63, 3.8) is 0 Å². The Morgan fingerprint density at radius 2 is 1.94 bits per heavy atom. The highest BCUT2D eigenvalue weighted by molar-refractivity contribution is 9.09. The highest BCUT2D eigenvalue weighted by Crippen LogP contribution is 2.17. The Bertz CT molecular complexity index is 527. The monoisotopic (exact) mass is 305 g/mol. The topological polar surface area (TPSA) is 29.1 Å². The Morgan fingerprint density at radius 1 is 1.17 bits per heavy atom. The van der Waals surface area contributed by atoms with E-state index in [1.54, 1.807) is 0 Å². The molecule has 2 aromatic rings. The standard InChI is InChI=1S/C15H16BrNO/c16-8-7-15(17-11-18)10-12-5-6-13-3-1-2-4-14(13)9-12/h1-6,9,11,15H,7-8,10H2,(H,17,18). The second kappa shape index (κ2) is 6.55. The summed E-state index contributed by atoms with van der Waals surface area (Å²) >= 11 is 3.42. The minimum Gasteiger partial charge on any atom is -0.356 e. The molecule has 0 radical (unpaired) electrons. The summed E-state index contributed by atoms with van der Waals surface area (Å²) in [4.78, 5) is 10.6. The Morgan fingerprint density at radius 3 is 2.67 bits per heavy atom. The van der Waals surface area contributed by atoms with Crippen LogP contribution in [0.15, 0.2) is 42.5 Å². The second-order valence-electron chi connectivity index (χ2n) is 4.34. The van der Waals surface area contributed by atoms with Gasteiger partial charge in [-0.15, -0.1) is 0 Å². The molecular formula is C15H16BrNO. The first-order valence-electron chi connectivity index (χ1n) is 6.07. The van der Waals surface area contributed by atoms with E-state index in [2.05, 4.69) is 51.6 Å². The quantitative estimate of drug-likeness (QED) is 0.644. The van der Waals surface area contributed by atoms with Gasteiger partial charge in [-0.1, -0.05) is 58.4 Å². The molecule has 1 unspecified atom stereocenters. The number of carbonyl (C=O) groups excluding carboxylic acids is 1. The van der Waals surface area contributed by atoms with E-state index < -0.39 is 0 Å². The number of rotatable bonds is 6. The van der Waals surface area contributed by atoms with Crippen LogP contribution in [0.3, 0.4) is 0 Å². The number of alkyl halides is 1. The number of nitrogens with one attached hydrogen (secondary N) is 1. The summed E-state index contributed by atoms with van der Waals surface area (Å²) in [6.45, 7) is 0. The fraction of sp³-hybridized carbons (Fsp3) is 0.267. The summed E-state index contributed by atoms with van der Waals surface area (Å²) in [5, 5.41) is 6.26. The summed E-state index contributed by atoms with van der Waals surface area (Å²) in [6.07, 6.45) is 2.59. The Labute approximate surface area is 116 Å². The van der Waals surface area contributed by atoms with Crippen molar-refractivity contribution in [1.29, 1.82) is 0 Å². The van der Waals surface area contributed by atoms with Crippen molar-refractivity contribution >= 4 is 33.1 Å². The van der Waals surface area contributed by atoms with Gasteiger partial charge in [-0.3, -0.25) is 4.79 Å². The van der Waals surface area contributed by atoms with Crippen LogP contribution in [-0.2, 0) is 11.2 Å². The van der Waals surface area contributed by atoms with Crippen LogP contribution in [0.25, 0.3) is 10.8 Å². The number of carbonyl (C=O) groups is 1. The highest BCUT2D eigenvalue weighted by Gasteiger charge is 2.08. The number of halogens is 1. The normalized spacial score (nSPS) is 12.3. The molecule has 18 heavy (non-hydrogen) atoms. The third-order valence-electron chi connectivity index (χ3n) is 3.06. The maximum absolute atomic E-state index is 10.6. The van der Waals surface area contributed by atoms with Crippen molar-refractivity contribution < 1.29 is 4.79 Å². The summed E-state index contributed by atoms with van der Waals surface area (Å²) in [6, 6.07) is 15.0. The van der Waals surface area contributed by atoms with E-state index >= 15 is 0 Å². The van der Waals surface area contributed by atoms with E-state index in [9.17, 15) is 4.79 Å². The van der Waals surface area contributed by atoms with Crippen molar-refractivity contribution in [2.45, 2.75) is 18.9 Å². The van der Waals surface area contributed by atoms with E-state index in [-0.39, 0.29) is 6.04 Å². The van der Waals surface area contributed by atoms with Gasteiger partial charge in [0.25, 0.3) is 0 Å². The van der Waals surface area contributed by atoms with Crippen molar-refractivity contribution in [3.8, 4) is 0 Å². The van der Waals surface area contributed by atoms with Gasteiger partial charge in [0.2, 0.25) is 6.41 Å². The first-order valence-corrected chi connectivity index (χ1v) is 7.19. The zero-order valence-corrected chi connectivity index (χ0v) is 11.7. The first-order chi connectivity index (χ1) is 8.83. The van der Waals surface area contributed by atoms with E-state index in [0.717, 1.165) is 24.6 Å². The number of amides is 1. The first kappa shape index (κ1) is 13.1. The summed E-state index contributed by atoms with van der Waals surface area (Å²) in [7, 11) is 0. The van der Waals surface area contributed by atoms with Gasteiger partial charge in [-0.25, -0.2) is 0 Å². The number of fused-ring (bicyclic) bond motifs is 1. The van der Waals surface area contributed by atoms with Crippen LogP contribution in [0, 0.1) is 0 Å². The summed E-state index contributed by atoms with van der Waals surface area (Å²) in [5.74, 6) is 0. The molecule has 0 heterocycles. The lowest BCUT2D eigenvalue weighted by Gasteiger charge is -2.15. The molecule has 0 aliphatic carbocycles.